The third kappa shape index (κ3) is 7.55. The van der Waals surface area contributed by atoms with Gasteiger partial charge < -0.3 is 15.1 Å². The lowest BCUT2D eigenvalue weighted by atomic mass is 10.2. The molecule has 0 aromatic rings. The summed E-state index contributed by atoms with van der Waals surface area (Å²) >= 11 is 9.11. The van der Waals surface area contributed by atoms with Gasteiger partial charge in [-0.05, 0) is 25.7 Å². The maximum atomic E-state index is 8.63. The molecule has 84 valence electrons. The van der Waals surface area contributed by atoms with Crippen LogP contribution in [0.3, 0.4) is 0 Å². The fourth-order valence-corrected chi connectivity index (χ4v) is 1.51. The highest BCUT2D eigenvalue weighted by atomic mass is 32.1. The minimum Gasteiger partial charge on any atom is -0.396 e. The predicted molar refractivity (Wildman–Crippen MR) is 65.8 cm³/mol. The standard InChI is InChI=1S/C9H19NO2S2/c11-7-3-1-5-10(9(13)14)6-2-4-8-12/h11-12H,1-8H2,(H,13,14). The molecule has 0 aliphatic carbocycles. The Labute approximate surface area is 96.5 Å². The van der Waals surface area contributed by atoms with Gasteiger partial charge in [-0.1, -0.05) is 12.2 Å². The molecule has 0 saturated carbocycles. The van der Waals surface area contributed by atoms with Gasteiger partial charge in [-0.2, -0.15) is 0 Å². The molecule has 0 saturated heterocycles. The topological polar surface area (TPSA) is 43.7 Å². The summed E-state index contributed by atoms with van der Waals surface area (Å²) in [5.41, 5.74) is 0. The first kappa shape index (κ1) is 14.2. The van der Waals surface area contributed by atoms with Crippen LogP contribution in [0.4, 0.5) is 0 Å². The molecule has 0 fully saturated rings. The van der Waals surface area contributed by atoms with Gasteiger partial charge in [0.2, 0.25) is 0 Å². The smallest absolute Gasteiger partial charge is 0.133 e. The molecule has 5 heteroatoms. The quantitative estimate of drug-likeness (QED) is 0.335. The minimum atomic E-state index is 0.226. The highest BCUT2D eigenvalue weighted by Crippen LogP contribution is 2.03. The van der Waals surface area contributed by atoms with E-state index in [-0.39, 0.29) is 13.2 Å². The molecule has 0 aromatic carbocycles. The number of thiocarbonyl (C=S) groups is 1. The van der Waals surface area contributed by atoms with E-state index < -0.39 is 0 Å². The van der Waals surface area contributed by atoms with Crippen LogP contribution in [0.1, 0.15) is 25.7 Å². The van der Waals surface area contributed by atoms with Crippen molar-refractivity contribution in [2.75, 3.05) is 26.3 Å². The molecule has 0 unspecified atom stereocenters. The first-order valence-corrected chi connectivity index (χ1v) is 5.77. The van der Waals surface area contributed by atoms with E-state index in [4.69, 9.17) is 22.4 Å². The van der Waals surface area contributed by atoms with Crippen LogP contribution in [0.15, 0.2) is 0 Å². The van der Waals surface area contributed by atoms with E-state index in [0.29, 0.717) is 4.32 Å². The van der Waals surface area contributed by atoms with Crippen LogP contribution in [-0.2, 0) is 0 Å². The van der Waals surface area contributed by atoms with Gasteiger partial charge in [-0.25, -0.2) is 0 Å². The van der Waals surface area contributed by atoms with Gasteiger partial charge in [0.05, 0.1) is 0 Å². The number of thiol groups is 1. The molecule has 0 spiro atoms. The molecule has 0 aliphatic heterocycles. The number of hydrogen-bond acceptors (Lipinski definition) is 3. The van der Waals surface area contributed by atoms with Gasteiger partial charge in [0.25, 0.3) is 0 Å². The molecular weight excluding hydrogens is 218 g/mol. The van der Waals surface area contributed by atoms with E-state index in [1.807, 2.05) is 4.90 Å². The lowest BCUT2D eigenvalue weighted by Gasteiger charge is -2.22. The molecule has 2 N–H and O–H groups in total. The van der Waals surface area contributed by atoms with Crippen LogP contribution >= 0.6 is 24.8 Å². The fraction of sp³-hybridized carbons (Fsp3) is 0.889. The van der Waals surface area contributed by atoms with Crippen LogP contribution in [-0.4, -0.2) is 45.7 Å². The lowest BCUT2D eigenvalue weighted by molar-refractivity contribution is 0.266. The highest BCUT2D eigenvalue weighted by Gasteiger charge is 2.04. The van der Waals surface area contributed by atoms with Gasteiger partial charge in [0, 0.05) is 26.3 Å². The second-order valence-electron chi connectivity index (χ2n) is 3.13. The van der Waals surface area contributed by atoms with E-state index in [1.165, 1.54) is 0 Å². The largest absolute Gasteiger partial charge is 0.396 e. The highest BCUT2D eigenvalue weighted by molar-refractivity contribution is 8.10. The zero-order chi connectivity index (χ0) is 10.8. The molecule has 0 bridgehead atoms. The van der Waals surface area contributed by atoms with Crippen molar-refractivity contribution in [1.82, 2.24) is 4.90 Å². The Kier molecular flexibility index (Phi) is 9.82. The monoisotopic (exact) mass is 237 g/mol. The molecule has 3 nitrogen and oxygen atoms in total. The van der Waals surface area contributed by atoms with Crippen LogP contribution in [0, 0.1) is 0 Å². The zero-order valence-corrected chi connectivity index (χ0v) is 10.1. The summed E-state index contributed by atoms with van der Waals surface area (Å²) < 4.78 is 0.598. The Balaban J connectivity index is 3.61. The zero-order valence-electron chi connectivity index (χ0n) is 8.35. The molecule has 0 rings (SSSR count). The molecule has 0 aromatic heterocycles. The van der Waals surface area contributed by atoms with Crippen molar-refractivity contribution in [1.29, 1.82) is 0 Å². The van der Waals surface area contributed by atoms with Crippen molar-refractivity contribution >= 4 is 29.2 Å². The Bertz CT molecular complexity index is 146. The molecule has 0 aliphatic rings. The number of rotatable bonds is 8. The summed E-state index contributed by atoms with van der Waals surface area (Å²) in [6.45, 7) is 2.14. The molecule has 0 radical (unpaired) electrons. The molecule has 14 heavy (non-hydrogen) atoms. The Hall–Kier alpha value is 0.160. The summed E-state index contributed by atoms with van der Waals surface area (Å²) in [5, 5.41) is 17.3. The fourth-order valence-electron chi connectivity index (χ4n) is 1.13. The van der Waals surface area contributed by atoms with Crippen molar-refractivity contribution in [3.8, 4) is 0 Å². The summed E-state index contributed by atoms with van der Waals surface area (Å²) in [6.07, 6.45) is 3.45. The average Bonchev–Trinajstić information content (AvgIpc) is 2.15. The van der Waals surface area contributed by atoms with Crippen LogP contribution < -0.4 is 0 Å². The van der Waals surface area contributed by atoms with Crippen molar-refractivity contribution in [3.05, 3.63) is 0 Å². The van der Waals surface area contributed by atoms with E-state index in [9.17, 15) is 0 Å². The number of aliphatic hydroxyl groups is 2. The summed E-state index contributed by atoms with van der Waals surface area (Å²) in [7, 11) is 0. The van der Waals surface area contributed by atoms with E-state index in [2.05, 4.69) is 12.6 Å². The number of aliphatic hydroxyl groups excluding tert-OH is 2. The molecular formula is C9H19NO2S2. The van der Waals surface area contributed by atoms with Crippen molar-refractivity contribution in [2.45, 2.75) is 25.7 Å². The van der Waals surface area contributed by atoms with Crippen molar-refractivity contribution in [2.24, 2.45) is 0 Å². The summed E-state index contributed by atoms with van der Waals surface area (Å²) in [5.74, 6) is 0. The molecule has 0 amide bonds. The summed E-state index contributed by atoms with van der Waals surface area (Å²) in [6, 6.07) is 0. The van der Waals surface area contributed by atoms with Gasteiger partial charge in [0.1, 0.15) is 4.32 Å². The maximum Gasteiger partial charge on any atom is 0.133 e. The minimum absolute atomic E-state index is 0.226. The third-order valence-corrected chi connectivity index (χ3v) is 2.48. The van der Waals surface area contributed by atoms with Gasteiger partial charge in [-0.3, -0.25) is 0 Å². The van der Waals surface area contributed by atoms with Crippen molar-refractivity contribution in [3.63, 3.8) is 0 Å². The molecule has 0 atom stereocenters. The summed E-state index contributed by atoms with van der Waals surface area (Å²) in [4.78, 5) is 2.00. The Morgan fingerprint density at radius 3 is 1.71 bits per heavy atom. The maximum absolute atomic E-state index is 8.63. The van der Waals surface area contributed by atoms with Crippen LogP contribution in [0.5, 0.6) is 0 Å². The van der Waals surface area contributed by atoms with E-state index in [1.54, 1.807) is 0 Å². The number of nitrogens with zero attached hydrogens (tertiary/aromatic N) is 1. The van der Waals surface area contributed by atoms with Crippen LogP contribution in [0.25, 0.3) is 0 Å². The van der Waals surface area contributed by atoms with Gasteiger partial charge >= 0.3 is 0 Å². The second-order valence-corrected chi connectivity index (χ2v) is 4.24. The number of hydrogen-bond donors (Lipinski definition) is 3. The second kappa shape index (κ2) is 9.71. The van der Waals surface area contributed by atoms with E-state index >= 15 is 0 Å². The molecule has 0 heterocycles. The van der Waals surface area contributed by atoms with Crippen LogP contribution in [0.2, 0.25) is 0 Å². The third-order valence-electron chi connectivity index (χ3n) is 1.94. The van der Waals surface area contributed by atoms with Gasteiger partial charge in [-0.15, -0.1) is 12.6 Å². The Morgan fingerprint density at radius 2 is 1.43 bits per heavy atom. The van der Waals surface area contributed by atoms with E-state index in [0.717, 1.165) is 38.8 Å². The number of unbranched alkanes of at least 4 members (excludes halogenated alkanes) is 2. The Morgan fingerprint density at radius 1 is 1.00 bits per heavy atom. The van der Waals surface area contributed by atoms with Gasteiger partial charge in [0.15, 0.2) is 0 Å². The predicted octanol–water partition coefficient (Wildman–Crippen LogP) is 1.05. The van der Waals surface area contributed by atoms with Crippen molar-refractivity contribution < 1.29 is 10.2 Å². The lowest BCUT2D eigenvalue weighted by Crippen LogP contribution is -2.28. The SMILES string of the molecule is OCCCCN(CCCCO)C(=S)S. The first-order valence-electron chi connectivity index (χ1n) is 4.92. The average molecular weight is 237 g/mol. The first-order chi connectivity index (χ1) is 6.72. The normalized spacial score (nSPS) is 10.2.